The van der Waals surface area contributed by atoms with Crippen molar-refractivity contribution >= 4 is 0 Å². The van der Waals surface area contributed by atoms with Gasteiger partial charge in [-0.1, -0.05) is 72.0 Å². The SMILES string of the molecule is Cc1ccc(-c2ccc(C)cc2C#Cc2ccccc2)cc1. The van der Waals surface area contributed by atoms with Crippen molar-refractivity contribution in [3.8, 4) is 23.0 Å². The van der Waals surface area contributed by atoms with E-state index in [-0.39, 0.29) is 0 Å². The van der Waals surface area contributed by atoms with Crippen molar-refractivity contribution in [2.45, 2.75) is 13.8 Å². The summed E-state index contributed by atoms with van der Waals surface area (Å²) in [7, 11) is 0. The smallest absolute Gasteiger partial charge is 0.0330 e. The zero-order valence-electron chi connectivity index (χ0n) is 12.9. The minimum absolute atomic E-state index is 1.04. The standard InChI is InChI=1S/C22H18/c1-17-8-12-20(13-9-17)22-15-10-18(2)16-21(22)14-11-19-6-4-3-5-7-19/h3-10,12-13,15-16H,1-2H3. The lowest BCUT2D eigenvalue weighted by atomic mass is 9.97. The summed E-state index contributed by atoms with van der Waals surface area (Å²) in [6, 6.07) is 25.2. The largest absolute Gasteiger partial charge is 0.0622 e. The molecule has 0 aromatic heterocycles. The summed E-state index contributed by atoms with van der Waals surface area (Å²) in [4.78, 5) is 0. The van der Waals surface area contributed by atoms with Gasteiger partial charge in [0.05, 0.1) is 0 Å². The first kappa shape index (κ1) is 14.2. The van der Waals surface area contributed by atoms with E-state index < -0.39 is 0 Å². The fraction of sp³-hybridized carbons (Fsp3) is 0.0909. The lowest BCUT2D eigenvalue weighted by Gasteiger charge is -2.07. The number of rotatable bonds is 1. The first-order valence-corrected chi connectivity index (χ1v) is 7.47. The molecule has 0 atom stereocenters. The van der Waals surface area contributed by atoms with E-state index in [0.29, 0.717) is 0 Å². The molecule has 0 radical (unpaired) electrons. The first-order chi connectivity index (χ1) is 10.7. The second kappa shape index (κ2) is 6.33. The molecule has 3 aromatic carbocycles. The van der Waals surface area contributed by atoms with Crippen molar-refractivity contribution in [1.29, 1.82) is 0 Å². The highest BCUT2D eigenvalue weighted by atomic mass is 14.1. The normalized spacial score (nSPS) is 9.91. The van der Waals surface area contributed by atoms with Gasteiger partial charge in [0.15, 0.2) is 0 Å². The monoisotopic (exact) mass is 282 g/mol. The lowest BCUT2D eigenvalue weighted by molar-refractivity contribution is 1.43. The van der Waals surface area contributed by atoms with Gasteiger partial charge >= 0.3 is 0 Å². The Bertz CT molecular complexity index is 829. The maximum atomic E-state index is 3.33. The third-order valence-electron chi connectivity index (χ3n) is 3.65. The topological polar surface area (TPSA) is 0 Å². The van der Waals surface area contributed by atoms with Gasteiger partial charge in [-0.15, -0.1) is 0 Å². The summed E-state index contributed by atoms with van der Waals surface area (Å²) in [6.45, 7) is 4.21. The van der Waals surface area contributed by atoms with Crippen LogP contribution in [0.3, 0.4) is 0 Å². The van der Waals surface area contributed by atoms with Crippen LogP contribution in [0.1, 0.15) is 22.3 Å². The molecule has 0 aliphatic carbocycles. The van der Waals surface area contributed by atoms with E-state index in [0.717, 1.165) is 11.1 Å². The molecule has 0 nitrogen and oxygen atoms in total. The number of hydrogen-bond acceptors (Lipinski definition) is 0. The first-order valence-electron chi connectivity index (χ1n) is 7.47. The molecule has 0 amide bonds. The van der Waals surface area contributed by atoms with Crippen LogP contribution in [0.25, 0.3) is 11.1 Å². The Hall–Kier alpha value is -2.78. The van der Waals surface area contributed by atoms with Crippen LogP contribution in [0, 0.1) is 25.7 Å². The van der Waals surface area contributed by atoms with E-state index in [9.17, 15) is 0 Å². The average Bonchev–Trinajstić information content (AvgIpc) is 2.55. The molecule has 3 rings (SSSR count). The van der Waals surface area contributed by atoms with Gasteiger partial charge in [0.1, 0.15) is 0 Å². The van der Waals surface area contributed by atoms with Crippen molar-refractivity contribution in [3.05, 3.63) is 95.1 Å². The molecule has 0 aliphatic rings. The number of aryl methyl sites for hydroxylation is 2. The molecule has 3 aromatic rings. The van der Waals surface area contributed by atoms with Gasteiger partial charge in [0, 0.05) is 11.1 Å². The fourth-order valence-corrected chi connectivity index (χ4v) is 2.41. The zero-order valence-corrected chi connectivity index (χ0v) is 12.9. The Balaban J connectivity index is 2.06. The minimum atomic E-state index is 1.04. The van der Waals surface area contributed by atoms with Gasteiger partial charge in [-0.3, -0.25) is 0 Å². The zero-order chi connectivity index (χ0) is 15.4. The molecule has 0 fully saturated rings. The molecule has 0 saturated heterocycles. The predicted molar refractivity (Wildman–Crippen MR) is 93.8 cm³/mol. The molecule has 0 aliphatic heterocycles. The van der Waals surface area contributed by atoms with E-state index in [1.165, 1.54) is 22.3 Å². The summed E-state index contributed by atoms with van der Waals surface area (Å²) >= 11 is 0. The fourth-order valence-electron chi connectivity index (χ4n) is 2.41. The van der Waals surface area contributed by atoms with Gasteiger partial charge in [0.25, 0.3) is 0 Å². The van der Waals surface area contributed by atoms with Crippen LogP contribution >= 0.6 is 0 Å². The molecule has 0 heterocycles. The Morgan fingerprint density at radius 1 is 0.636 bits per heavy atom. The van der Waals surface area contributed by atoms with E-state index >= 15 is 0 Å². The molecule has 0 saturated carbocycles. The van der Waals surface area contributed by atoms with Gasteiger partial charge in [0.2, 0.25) is 0 Å². The molecular weight excluding hydrogens is 264 g/mol. The minimum Gasteiger partial charge on any atom is -0.0622 e. The van der Waals surface area contributed by atoms with Crippen LogP contribution < -0.4 is 0 Å². The summed E-state index contributed by atoms with van der Waals surface area (Å²) < 4.78 is 0. The Morgan fingerprint density at radius 3 is 2.05 bits per heavy atom. The van der Waals surface area contributed by atoms with E-state index in [1.54, 1.807) is 0 Å². The molecule has 0 N–H and O–H groups in total. The lowest BCUT2D eigenvalue weighted by Crippen LogP contribution is -1.87. The Kier molecular flexibility index (Phi) is 4.08. The van der Waals surface area contributed by atoms with Crippen LogP contribution in [0.5, 0.6) is 0 Å². The van der Waals surface area contributed by atoms with Gasteiger partial charge < -0.3 is 0 Å². The van der Waals surface area contributed by atoms with Crippen molar-refractivity contribution in [3.63, 3.8) is 0 Å². The molecule has 0 heteroatoms. The average molecular weight is 282 g/mol. The highest BCUT2D eigenvalue weighted by Crippen LogP contribution is 2.24. The Morgan fingerprint density at radius 2 is 1.32 bits per heavy atom. The van der Waals surface area contributed by atoms with Crippen molar-refractivity contribution in [2.75, 3.05) is 0 Å². The molecule has 0 spiro atoms. The van der Waals surface area contributed by atoms with E-state index in [1.807, 2.05) is 30.3 Å². The van der Waals surface area contributed by atoms with Crippen LogP contribution in [0.15, 0.2) is 72.8 Å². The molecular formula is C22H18. The molecule has 0 bridgehead atoms. The maximum Gasteiger partial charge on any atom is 0.0330 e. The highest BCUT2D eigenvalue weighted by molar-refractivity contribution is 5.72. The summed E-state index contributed by atoms with van der Waals surface area (Å²) in [5, 5.41) is 0. The molecule has 106 valence electrons. The van der Waals surface area contributed by atoms with Gasteiger partial charge in [-0.2, -0.15) is 0 Å². The summed E-state index contributed by atoms with van der Waals surface area (Å²) in [6.07, 6.45) is 0. The van der Waals surface area contributed by atoms with Crippen LogP contribution in [0.2, 0.25) is 0 Å². The van der Waals surface area contributed by atoms with Crippen LogP contribution in [0.4, 0.5) is 0 Å². The quantitative estimate of drug-likeness (QED) is 0.526. The second-order valence-corrected chi connectivity index (χ2v) is 5.53. The van der Waals surface area contributed by atoms with Crippen molar-refractivity contribution in [1.82, 2.24) is 0 Å². The van der Waals surface area contributed by atoms with Gasteiger partial charge in [-0.05, 0) is 48.7 Å². The maximum absolute atomic E-state index is 3.33. The molecule has 22 heavy (non-hydrogen) atoms. The van der Waals surface area contributed by atoms with E-state index in [2.05, 4.69) is 68.2 Å². The van der Waals surface area contributed by atoms with Crippen molar-refractivity contribution < 1.29 is 0 Å². The third-order valence-corrected chi connectivity index (χ3v) is 3.65. The Labute approximate surface area is 132 Å². The van der Waals surface area contributed by atoms with Crippen LogP contribution in [-0.4, -0.2) is 0 Å². The van der Waals surface area contributed by atoms with E-state index in [4.69, 9.17) is 0 Å². The summed E-state index contributed by atoms with van der Waals surface area (Å²) in [5.41, 5.74) is 7.02. The van der Waals surface area contributed by atoms with Crippen LogP contribution in [-0.2, 0) is 0 Å². The van der Waals surface area contributed by atoms with Crippen molar-refractivity contribution in [2.24, 2.45) is 0 Å². The molecule has 0 unspecified atom stereocenters. The summed E-state index contributed by atoms with van der Waals surface area (Å²) in [5.74, 6) is 6.59. The third kappa shape index (κ3) is 3.27. The van der Waals surface area contributed by atoms with Gasteiger partial charge in [-0.25, -0.2) is 0 Å². The second-order valence-electron chi connectivity index (χ2n) is 5.53. The number of hydrogen-bond donors (Lipinski definition) is 0. The highest BCUT2D eigenvalue weighted by Gasteiger charge is 2.03. The number of benzene rings is 3. The predicted octanol–water partition coefficient (Wildman–Crippen LogP) is 5.37.